The van der Waals surface area contributed by atoms with Crippen LogP contribution in [-0.4, -0.2) is 67.7 Å². The van der Waals surface area contributed by atoms with Gasteiger partial charge in [0.05, 0.1) is 19.3 Å². The van der Waals surface area contributed by atoms with Crippen LogP contribution in [0.1, 0.15) is 19.8 Å². The first-order valence-electron chi connectivity index (χ1n) is 9.22. The first-order valence-corrected chi connectivity index (χ1v) is 9.22. The smallest absolute Gasteiger partial charge is 0.241 e. The molecular formula is C19H28FN3O2. The first-order chi connectivity index (χ1) is 12.1. The third-order valence-corrected chi connectivity index (χ3v) is 5.29. The minimum Gasteiger partial charge on any atom is -0.379 e. The largest absolute Gasteiger partial charge is 0.379 e. The van der Waals surface area contributed by atoms with Gasteiger partial charge >= 0.3 is 0 Å². The van der Waals surface area contributed by atoms with Crippen LogP contribution in [0.5, 0.6) is 0 Å². The van der Waals surface area contributed by atoms with E-state index in [1.54, 1.807) is 12.1 Å². The average molecular weight is 349 g/mol. The van der Waals surface area contributed by atoms with Crippen LogP contribution in [-0.2, 0) is 9.53 Å². The molecule has 0 aromatic heterocycles. The first kappa shape index (κ1) is 18.3. The van der Waals surface area contributed by atoms with E-state index in [1.807, 2.05) is 6.92 Å². The molecule has 5 nitrogen and oxygen atoms in total. The third kappa shape index (κ3) is 5.23. The maximum Gasteiger partial charge on any atom is 0.241 e. The minimum atomic E-state index is -0.339. The summed E-state index contributed by atoms with van der Waals surface area (Å²) in [6.45, 7) is 8.70. The van der Waals surface area contributed by atoms with Crippen LogP contribution in [0.4, 0.5) is 10.1 Å². The fraction of sp³-hybridized carbons (Fsp3) is 0.632. The Kier molecular flexibility index (Phi) is 6.39. The molecule has 2 aliphatic rings. The van der Waals surface area contributed by atoms with Gasteiger partial charge in [-0.25, -0.2) is 4.39 Å². The predicted octanol–water partition coefficient (Wildman–Crippen LogP) is 2.20. The highest BCUT2D eigenvalue weighted by atomic mass is 19.1. The van der Waals surface area contributed by atoms with E-state index in [4.69, 9.17) is 4.74 Å². The number of hydrogen-bond donors (Lipinski definition) is 1. The second-order valence-corrected chi connectivity index (χ2v) is 7.07. The molecule has 1 aromatic carbocycles. The molecule has 0 bridgehead atoms. The van der Waals surface area contributed by atoms with Gasteiger partial charge in [0.15, 0.2) is 0 Å². The second kappa shape index (κ2) is 8.74. The molecule has 0 spiro atoms. The molecule has 2 aliphatic heterocycles. The Bertz CT molecular complexity index is 570. The van der Waals surface area contributed by atoms with Gasteiger partial charge in [-0.15, -0.1) is 0 Å². The second-order valence-electron chi connectivity index (χ2n) is 7.07. The van der Waals surface area contributed by atoms with E-state index in [1.165, 1.54) is 12.1 Å². The molecule has 0 radical (unpaired) electrons. The Morgan fingerprint density at radius 2 is 2.00 bits per heavy atom. The molecular weight excluding hydrogens is 321 g/mol. The quantitative estimate of drug-likeness (QED) is 0.885. The number of morpholine rings is 1. The summed E-state index contributed by atoms with van der Waals surface area (Å²) < 4.78 is 18.6. The summed E-state index contributed by atoms with van der Waals surface area (Å²) in [7, 11) is 0. The molecule has 3 rings (SSSR count). The van der Waals surface area contributed by atoms with Gasteiger partial charge in [0.2, 0.25) is 5.91 Å². The number of carbonyl (C=O) groups excluding carboxylic acids is 1. The number of hydrogen-bond acceptors (Lipinski definition) is 4. The van der Waals surface area contributed by atoms with Gasteiger partial charge < -0.3 is 10.1 Å². The standard InChI is InChI=1S/C19H28FN3O2/c1-15(19(24)21-18-4-2-3-17(20)13-18)23-7-5-16(6-8-23)14-22-9-11-25-12-10-22/h2-4,13,15-16H,5-12,14H2,1H3,(H,21,24). The van der Waals surface area contributed by atoms with E-state index in [2.05, 4.69) is 15.1 Å². The van der Waals surface area contributed by atoms with E-state index in [0.29, 0.717) is 11.6 Å². The lowest BCUT2D eigenvalue weighted by atomic mass is 9.95. The monoisotopic (exact) mass is 349 g/mol. The van der Waals surface area contributed by atoms with E-state index >= 15 is 0 Å². The van der Waals surface area contributed by atoms with Crippen LogP contribution in [0.3, 0.4) is 0 Å². The summed E-state index contributed by atoms with van der Waals surface area (Å²) in [5, 5.41) is 2.81. The Balaban J connectivity index is 1.44. The molecule has 1 N–H and O–H groups in total. The number of anilines is 1. The highest BCUT2D eigenvalue weighted by Gasteiger charge is 2.27. The molecule has 1 aromatic rings. The van der Waals surface area contributed by atoms with Gasteiger partial charge in [0.25, 0.3) is 0 Å². The Hall–Kier alpha value is -1.50. The Morgan fingerprint density at radius 1 is 1.28 bits per heavy atom. The summed E-state index contributed by atoms with van der Waals surface area (Å²) in [5.74, 6) is 0.291. The van der Waals surface area contributed by atoms with Crippen molar-refractivity contribution in [3.05, 3.63) is 30.1 Å². The van der Waals surface area contributed by atoms with Gasteiger partial charge in [-0.3, -0.25) is 14.6 Å². The zero-order chi connectivity index (χ0) is 17.6. The van der Waals surface area contributed by atoms with Crippen molar-refractivity contribution < 1.29 is 13.9 Å². The molecule has 0 aliphatic carbocycles. The molecule has 0 saturated carbocycles. The number of nitrogens with one attached hydrogen (secondary N) is 1. The van der Waals surface area contributed by atoms with Crippen LogP contribution < -0.4 is 5.32 Å². The van der Waals surface area contributed by atoms with Gasteiger partial charge in [0.1, 0.15) is 5.82 Å². The summed E-state index contributed by atoms with van der Waals surface area (Å²) in [4.78, 5) is 17.1. The normalized spacial score (nSPS) is 21.8. The molecule has 1 atom stereocenters. The lowest BCUT2D eigenvalue weighted by Crippen LogP contribution is -2.48. The van der Waals surface area contributed by atoms with Crippen molar-refractivity contribution in [2.75, 3.05) is 51.3 Å². The number of carbonyl (C=O) groups is 1. The topological polar surface area (TPSA) is 44.8 Å². The highest BCUT2D eigenvalue weighted by molar-refractivity contribution is 5.94. The highest BCUT2D eigenvalue weighted by Crippen LogP contribution is 2.21. The van der Waals surface area contributed by atoms with E-state index in [-0.39, 0.29) is 17.8 Å². The molecule has 25 heavy (non-hydrogen) atoms. The molecule has 1 amide bonds. The van der Waals surface area contributed by atoms with E-state index in [0.717, 1.165) is 58.8 Å². The summed E-state index contributed by atoms with van der Waals surface area (Å²) >= 11 is 0. The SMILES string of the molecule is CC(C(=O)Nc1cccc(F)c1)N1CCC(CN2CCOCC2)CC1. The van der Waals surface area contributed by atoms with E-state index < -0.39 is 0 Å². The van der Waals surface area contributed by atoms with Crippen LogP contribution in [0, 0.1) is 11.7 Å². The van der Waals surface area contributed by atoms with E-state index in [9.17, 15) is 9.18 Å². The molecule has 2 fully saturated rings. The fourth-order valence-electron chi connectivity index (χ4n) is 3.65. The van der Waals surface area contributed by atoms with Crippen molar-refractivity contribution in [1.29, 1.82) is 0 Å². The summed E-state index contributed by atoms with van der Waals surface area (Å²) in [6.07, 6.45) is 2.24. The number of ether oxygens (including phenoxy) is 1. The Labute approximate surface area is 149 Å². The predicted molar refractivity (Wildman–Crippen MR) is 96.0 cm³/mol. The van der Waals surface area contributed by atoms with Gasteiger partial charge in [-0.2, -0.15) is 0 Å². The van der Waals surface area contributed by atoms with Gasteiger partial charge in [-0.05, 0) is 57.0 Å². The van der Waals surface area contributed by atoms with Crippen molar-refractivity contribution in [3.8, 4) is 0 Å². The maximum atomic E-state index is 13.2. The molecule has 1 unspecified atom stereocenters. The van der Waals surface area contributed by atoms with Crippen molar-refractivity contribution in [3.63, 3.8) is 0 Å². The third-order valence-electron chi connectivity index (χ3n) is 5.29. The Morgan fingerprint density at radius 3 is 2.68 bits per heavy atom. The molecule has 6 heteroatoms. The molecule has 2 saturated heterocycles. The van der Waals surface area contributed by atoms with Crippen molar-refractivity contribution in [1.82, 2.24) is 9.80 Å². The molecule has 2 heterocycles. The minimum absolute atomic E-state index is 0.0720. The van der Waals surface area contributed by atoms with Gasteiger partial charge in [0, 0.05) is 25.3 Å². The van der Waals surface area contributed by atoms with Crippen LogP contribution >= 0.6 is 0 Å². The molecule has 138 valence electrons. The average Bonchev–Trinajstić information content (AvgIpc) is 2.62. The van der Waals surface area contributed by atoms with Gasteiger partial charge in [-0.1, -0.05) is 6.07 Å². The van der Waals surface area contributed by atoms with Crippen molar-refractivity contribution in [2.45, 2.75) is 25.8 Å². The number of nitrogens with zero attached hydrogens (tertiary/aromatic N) is 2. The van der Waals surface area contributed by atoms with Crippen molar-refractivity contribution >= 4 is 11.6 Å². The lowest BCUT2D eigenvalue weighted by Gasteiger charge is -2.38. The van der Waals surface area contributed by atoms with Crippen LogP contribution in [0.15, 0.2) is 24.3 Å². The summed E-state index contributed by atoms with van der Waals surface area (Å²) in [5.41, 5.74) is 0.513. The number of likely N-dealkylation sites (tertiary alicyclic amines) is 1. The van der Waals surface area contributed by atoms with Crippen molar-refractivity contribution in [2.24, 2.45) is 5.92 Å². The number of rotatable bonds is 5. The van der Waals surface area contributed by atoms with Crippen LogP contribution in [0.2, 0.25) is 0 Å². The number of piperidine rings is 1. The zero-order valence-electron chi connectivity index (χ0n) is 14.9. The van der Waals surface area contributed by atoms with Crippen LogP contribution in [0.25, 0.3) is 0 Å². The zero-order valence-corrected chi connectivity index (χ0v) is 14.9. The summed E-state index contributed by atoms with van der Waals surface area (Å²) in [6, 6.07) is 5.83. The maximum absolute atomic E-state index is 13.2. The number of halogens is 1. The number of amides is 1. The fourth-order valence-corrected chi connectivity index (χ4v) is 3.65. The number of benzene rings is 1. The lowest BCUT2D eigenvalue weighted by molar-refractivity contribution is -0.121.